The fourth-order valence-electron chi connectivity index (χ4n) is 4.95. The van der Waals surface area contributed by atoms with Crippen molar-refractivity contribution in [2.75, 3.05) is 25.0 Å². The van der Waals surface area contributed by atoms with Crippen LogP contribution in [-0.4, -0.2) is 49.8 Å². The first-order valence-corrected chi connectivity index (χ1v) is 11.4. The summed E-state index contributed by atoms with van der Waals surface area (Å²) in [5, 5.41) is 9.13. The van der Waals surface area contributed by atoms with Gasteiger partial charge in [-0.2, -0.15) is 4.31 Å². The zero-order valence-corrected chi connectivity index (χ0v) is 16.8. The third-order valence-electron chi connectivity index (χ3n) is 6.60. The van der Waals surface area contributed by atoms with Crippen molar-refractivity contribution in [1.82, 2.24) is 4.31 Å². The lowest BCUT2D eigenvalue weighted by molar-refractivity contribution is -0.142. The molecule has 3 aliphatic rings. The molecule has 7 nitrogen and oxygen atoms in total. The van der Waals surface area contributed by atoms with E-state index in [2.05, 4.69) is 0 Å². The average molecular weight is 407 g/mol. The van der Waals surface area contributed by atoms with Crippen LogP contribution >= 0.6 is 0 Å². The molecule has 0 radical (unpaired) electrons. The number of carbonyl (C=O) groups excluding carboxylic acids is 1. The van der Waals surface area contributed by atoms with Crippen LogP contribution in [0.4, 0.5) is 5.69 Å². The van der Waals surface area contributed by atoms with Crippen molar-refractivity contribution in [1.29, 1.82) is 0 Å². The normalized spacial score (nSPS) is 24.7. The van der Waals surface area contributed by atoms with E-state index in [1.807, 2.05) is 0 Å². The van der Waals surface area contributed by atoms with Crippen LogP contribution in [0.25, 0.3) is 0 Å². The van der Waals surface area contributed by atoms with Crippen LogP contribution in [0.15, 0.2) is 23.1 Å². The fraction of sp³-hybridized carbons (Fsp3) is 0.600. The summed E-state index contributed by atoms with van der Waals surface area (Å²) < 4.78 is 27.6. The number of carboxylic acids is 1. The first-order chi connectivity index (χ1) is 13.3. The van der Waals surface area contributed by atoms with Crippen LogP contribution in [0.1, 0.15) is 50.0 Å². The molecule has 8 heteroatoms. The number of nitrogens with zero attached hydrogens (tertiary/aromatic N) is 2. The van der Waals surface area contributed by atoms with E-state index in [9.17, 15) is 18.0 Å². The summed E-state index contributed by atoms with van der Waals surface area (Å²) in [7, 11) is -1.95. The minimum atomic E-state index is -3.70. The molecule has 1 atom stereocenters. The highest BCUT2D eigenvalue weighted by molar-refractivity contribution is 7.89. The van der Waals surface area contributed by atoms with Crippen LogP contribution in [0.2, 0.25) is 0 Å². The molecule has 0 unspecified atom stereocenters. The minimum absolute atomic E-state index is 0.0544. The second kappa shape index (κ2) is 7.15. The van der Waals surface area contributed by atoms with Gasteiger partial charge in [0.1, 0.15) is 0 Å². The van der Waals surface area contributed by atoms with E-state index in [4.69, 9.17) is 5.11 Å². The van der Waals surface area contributed by atoms with Gasteiger partial charge in [0, 0.05) is 25.8 Å². The third-order valence-corrected chi connectivity index (χ3v) is 8.50. The highest BCUT2D eigenvalue weighted by atomic mass is 32.2. The summed E-state index contributed by atoms with van der Waals surface area (Å²) in [5.74, 6) is -1.27. The minimum Gasteiger partial charge on any atom is -0.481 e. The largest absolute Gasteiger partial charge is 0.481 e. The Bertz CT molecular complexity index is 899. The number of benzene rings is 1. The van der Waals surface area contributed by atoms with E-state index in [1.165, 1.54) is 4.31 Å². The predicted molar refractivity (Wildman–Crippen MR) is 104 cm³/mol. The molecule has 2 fully saturated rings. The van der Waals surface area contributed by atoms with Gasteiger partial charge in [0.15, 0.2) is 0 Å². The van der Waals surface area contributed by atoms with Crippen LogP contribution < -0.4 is 4.90 Å². The van der Waals surface area contributed by atoms with Crippen molar-refractivity contribution >= 4 is 27.6 Å². The maximum atomic E-state index is 13.1. The van der Waals surface area contributed by atoms with Gasteiger partial charge in [0.05, 0.1) is 16.7 Å². The van der Waals surface area contributed by atoms with E-state index >= 15 is 0 Å². The number of rotatable bonds is 4. The second-order valence-corrected chi connectivity index (χ2v) is 10.1. The highest BCUT2D eigenvalue weighted by Gasteiger charge is 2.42. The van der Waals surface area contributed by atoms with Gasteiger partial charge in [0.2, 0.25) is 15.9 Å². The number of likely N-dealkylation sites (N-methyl/N-ethyl adjacent to an activating group) is 1. The molecular weight excluding hydrogens is 380 g/mol. The van der Waals surface area contributed by atoms with Crippen molar-refractivity contribution in [3.05, 3.63) is 23.8 Å². The van der Waals surface area contributed by atoms with Gasteiger partial charge in [-0.25, -0.2) is 8.42 Å². The number of aliphatic carboxylic acids is 1. The number of carbonyl (C=O) groups is 2. The molecule has 1 amide bonds. The van der Waals surface area contributed by atoms with Gasteiger partial charge in [-0.05, 0) is 55.4 Å². The van der Waals surface area contributed by atoms with E-state index < -0.39 is 21.9 Å². The Labute approximate surface area is 165 Å². The summed E-state index contributed by atoms with van der Waals surface area (Å²) in [6.45, 7) is 0.419. The van der Waals surface area contributed by atoms with Crippen LogP contribution in [0.3, 0.4) is 0 Å². The smallest absolute Gasteiger partial charge is 0.306 e. The van der Waals surface area contributed by atoms with Gasteiger partial charge < -0.3 is 10.0 Å². The molecule has 0 aromatic heterocycles. The fourth-order valence-corrected chi connectivity index (χ4v) is 6.45. The molecule has 1 aliphatic carbocycles. The van der Waals surface area contributed by atoms with Crippen LogP contribution in [-0.2, 0) is 19.6 Å². The molecule has 2 aliphatic heterocycles. The zero-order valence-electron chi connectivity index (χ0n) is 16.0. The van der Waals surface area contributed by atoms with Crippen molar-refractivity contribution < 1.29 is 23.1 Å². The molecule has 1 aromatic carbocycles. The van der Waals surface area contributed by atoms with Gasteiger partial charge in [0.25, 0.3) is 0 Å². The lowest BCUT2D eigenvalue weighted by Crippen LogP contribution is -2.40. The zero-order chi connectivity index (χ0) is 20.1. The summed E-state index contributed by atoms with van der Waals surface area (Å²) >= 11 is 0. The molecule has 2 heterocycles. The molecule has 4 rings (SSSR count). The average Bonchev–Trinajstić information content (AvgIpc) is 3.29. The van der Waals surface area contributed by atoms with Crippen molar-refractivity contribution in [2.24, 2.45) is 11.8 Å². The maximum Gasteiger partial charge on any atom is 0.306 e. The number of fused-ring (bicyclic) bond motifs is 1. The second-order valence-electron chi connectivity index (χ2n) is 8.16. The summed E-state index contributed by atoms with van der Waals surface area (Å²) in [4.78, 5) is 25.8. The molecular formula is C20H26N2O5S. The Kier molecular flexibility index (Phi) is 4.95. The molecule has 1 N–H and O–H groups in total. The van der Waals surface area contributed by atoms with Crippen molar-refractivity contribution in [3.8, 4) is 0 Å². The molecule has 152 valence electrons. The van der Waals surface area contributed by atoms with Gasteiger partial charge in [-0.3, -0.25) is 9.59 Å². The first-order valence-electron chi connectivity index (χ1n) is 9.95. The van der Waals surface area contributed by atoms with Crippen molar-refractivity contribution in [2.45, 2.75) is 49.3 Å². The van der Waals surface area contributed by atoms with Gasteiger partial charge in [-0.15, -0.1) is 0 Å². The third kappa shape index (κ3) is 3.12. The number of amides is 1. The monoisotopic (exact) mass is 406 g/mol. The number of anilines is 1. The molecule has 0 spiro atoms. The number of piperidine rings is 1. The molecule has 1 saturated carbocycles. The Morgan fingerprint density at radius 2 is 1.75 bits per heavy atom. The van der Waals surface area contributed by atoms with Gasteiger partial charge >= 0.3 is 5.97 Å². The molecule has 1 saturated heterocycles. The molecule has 0 bridgehead atoms. The lowest BCUT2D eigenvalue weighted by atomic mass is 9.86. The Morgan fingerprint density at radius 1 is 1.11 bits per heavy atom. The van der Waals surface area contributed by atoms with Crippen LogP contribution in [0, 0.1) is 11.8 Å². The van der Waals surface area contributed by atoms with Gasteiger partial charge in [-0.1, -0.05) is 12.8 Å². The SMILES string of the molecule is CN1C(=O)[C@H](C2CCCC2)c2cc(S(=O)(=O)N3CCC(C(=O)O)CC3)ccc21. The number of hydrogen-bond donors (Lipinski definition) is 1. The van der Waals surface area contributed by atoms with E-state index in [0.717, 1.165) is 36.9 Å². The Morgan fingerprint density at radius 3 is 2.36 bits per heavy atom. The van der Waals surface area contributed by atoms with Crippen molar-refractivity contribution in [3.63, 3.8) is 0 Å². The van der Waals surface area contributed by atoms with Crippen LogP contribution in [0.5, 0.6) is 0 Å². The summed E-state index contributed by atoms with van der Waals surface area (Å²) in [5.41, 5.74) is 1.62. The maximum absolute atomic E-state index is 13.1. The quantitative estimate of drug-likeness (QED) is 0.829. The summed E-state index contributed by atoms with van der Waals surface area (Å²) in [6.07, 6.45) is 4.89. The Balaban J connectivity index is 1.63. The number of sulfonamides is 1. The Hall–Kier alpha value is -1.93. The lowest BCUT2D eigenvalue weighted by Gasteiger charge is -2.29. The molecule has 1 aromatic rings. The first kappa shape index (κ1) is 19.4. The topological polar surface area (TPSA) is 95.0 Å². The molecule has 28 heavy (non-hydrogen) atoms. The van der Waals surface area contributed by atoms with E-state index in [0.29, 0.717) is 12.8 Å². The standard InChI is InChI=1S/C20H26N2O5S/c1-21-17-7-6-15(12-16(17)18(19(21)23)13-4-2-3-5-13)28(26,27)22-10-8-14(9-11-22)20(24)25/h6-7,12-14,18H,2-5,8-11H2,1H3,(H,24,25)/t18-/m1/s1. The van der Waals surface area contributed by atoms with E-state index in [1.54, 1.807) is 30.1 Å². The predicted octanol–water partition coefficient (Wildman–Crippen LogP) is 2.42. The summed E-state index contributed by atoms with van der Waals surface area (Å²) in [6, 6.07) is 4.98. The number of carboxylic acid groups (broad SMARTS) is 1. The number of hydrogen-bond acceptors (Lipinski definition) is 4. The highest BCUT2D eigenvalue weighted by Crippen LogP contribution is 2.47. The van der Waals surface area contributed by atoms with E-state index in [-0.39, 0.29) is 35.7 Å².